The number of hydrogen-bond acceptors (Lipinski definition) is 4. The number of halogens is 1. The Kier molecular flexibility index (Phi) is 6.93. The van der Waals surface area contributed by atoms with Gasteiger partial charge in [0.1, 0.15) is 5.82 Å². The molecule has 1 aliphatic carbocycles. The average Bonchev–Trinajstić information content (AvgIpc) is 3.57. The van der Waals surface area contributed by atoms with Crippen LogP contribution in [-0.4, -0.2) is 81.4 Å². The zero-order chi connectivity index (χ0) is 28.3. The van der Waals surface area contributed by atoms with Crippen LogP contribution in [0.4, 0.5) is 4.39 Å². The smallest absolute Gasteiger partial charge is 0.256 e. The number of likely N-dealkylation sites (tertiary alicyclic amines) is 2. The number of amides is 2. The molecule has 212 valence electrons. The number of carbonyl (C=O) groups is 2. The van der Waals surface area contributed by atoms with E-state index in [-0.39, 0.29) is 17.9 Å². The Balaban J connectivity index is 1.22. The normalized spacial score (nSPS) is 23.2. The van der Waals surface area contributed by atoms with Crippen LogP contribution in [0.25, 0.3) is 16.6 Å². The van der Waals surface area contributed by atoms with Gasteiger partial charge in [-0.2, -0.15) is 0 Å². The molecule has 1 aromatic carbocycles. The number of hydrogen-bond donors (Lipinski definition) is 0. The van der Waals surface area contributed by atoms with Crippen LogP contribution in [-0.2, 0) is 11.2 Å². The van der Waals surface area contributed by atoms with E-state index in [0.717, 1.165) is 43.7 Å². The molecule has 0 N–H and O–H groups in total. The van der Waals surface area contributed by atoms with Gasteiger partial charge in [-0.25, -0.2) is 4.39 Å². The van der Waals surface area contributed by atoms with Crippen molar-refractivity contribution in [2.24, 2.45) is 17.8 Å². The van der Waals surface area contributed by atoms with E-state index in [1.807, 2.05) is 35.7 Å². The first-order chi connectivity index (χ1) is 19.1. The number of nitrogens with zero attached hydrogens (tertiary/aromatic N) is 5. The molecule has 2 saturated heterocycles. The first kappa shape index (κ1) is 26.9. The lowest BCUT2D eigenvalue weighted by Crippen LogP contribution is -2.52. The number of aryl methyl sites for hydroxylation is 1. The lowest BCUT2D eigenvalue weighted by molar-refractivity contribution is -0.128. The van der Waals surface area contributed by atoms with Gasteiger partial charge >= 0.3 is 0 Å². The second-order valence-electron chi connectivity index (χ2n) is 12.6. The maximum absolute atomic E-state index is 14.4. The third kappa shape index (κ3) is 4.70. The molecule has 3 aromatic rings. The topological polar surface area (TPSA) is 61.7 Å². The van der Waals surface area contributed by atoms with Gasteiger partial charge in [-0.1, -0.05) is 0 Å². The number of benzene rings is 1. The standard InChI is InChI=1S/C32H40FN5O2/c1-19(2)35(5)32(40)28-11-26(33)6-7-29(28)38-18-25(31-20(3)12-34-13-30(31)38)8-22-14-37(15-22)27-9-23-16-36(21(4)39)17-24(23)10-27/h6-7,11-13,18-19,22-24,27H,8-10,14-17H2,1-5H3. The third-order valence-electron chi connectivity index (χ3n) is 9.71. The minimum atomic E-state index is -0.421. The molecule has 2 atom stereocenters. The van der Waals surface area contributed by atoms with Crippen LogP contribution in [0.2, 0.25) is 0 Å². The van der Waals surface area contributed by atoms with Gasteiger partial charge in [-0.3, -0.25) is 19.5 Å². The van der Waals surface area contributed by atoms with Crippen LogP contribution < -0.4 is 0 Å². The van der Waals surface area contributed by atoms with Crippen molar-refractivity contribution in [3.63, 3.8) is 0 Å². The van der Waals surface area contributed by atoms with E-state index in [4.69, 9.17) is 0 Å². The monoisotopic (exact) mass is 545 g/mol. The lowest BCUT2D eigenvalue weighted by Gasteiger charge is -2.44. The summed E-state index contributed by atoms with van der Waals surface area (Å²) in [6.45, 7) is 11.7. The Labute approximate surface area is 235 Å². The summed E-state index contributed by atoms with van der Waals surface area (Å²) in [7, 11) is 1.76. The molecule has 0 radical (unpaired) electrons. The van der Waals surface area contributed by atoms with Gasteiger partial charge < -0.3 is 14.4 Å². The van der Waals surface area contributed by atoms with Crippen molar-refractivity contribution in [3.05, 3.63) is 59.3 Å². The SMILES string of the molecule is CC(=O)N1CC2CC(N3CC(Cc4cn(-c5ccc(F)cc5C(=O)N(C)C(C)C)c5cncc(C)c45)C3)CC2C1. The Hall–Kier alpha value is -3.26. The molecule has 1 saturated carbocycles. The summed E-state index contributed by atoms with van der Waals surface area (Å²) in [5.41, 5.74) is 4.33. The number of fused-ring (bicyclic) bond motifs is 2. The molecule has 4 heterocycles. The fourth-order valence-corrected chi connectivity index (χ4v) is 7.28. The third-order valence-corrected chi connectivity index (χ3v) is 9.71. The molecule has 7 nitrogen and oxygen atoms in total. The Morgan fingerprint density at radius 1 is 1.10 bits per heavy atom. The molecule has 0 bridgehead atoms. The van der Waals surface area contributed by atoms with E-state index >= 15 is 0 Å². The second-order valence-corrected chi connectivity index (χ2v) is 12.6. The van der Waals surface area contributed by atoms with E-state index in [1.54, 1.807) is 24.9 Å². The largest absolute Gasteiger partial charge is 0.342 e. The van der Waals surface area contributed by atoms with Gasteiger partial charge in [0.2, 0.25) is 5.91 Å². The summed E-state index contributed by atoms with van der Waals surface area (Å²) in [6.07, 6.45) is 9.25. The first-order valence-electron chi connectivity index (χ1n) is 14.6. The lowest BCUT2D eigenvalue weighted by atomic mass is 9.89. The summed E-state index contributed by atoms with van der Waals surface area (Å²) < 4.78 is 16.4. The van der Waals surface area contributed by atoms with Gasteiger partial charge in [0.05, 0.1) is 23.0 Å². The minimum absolute atomic E-state index is 0.00132. The summed E-state index contributed by atoms with van der Waals surface area (Å²) in [4.78, 5) is 35.9. The van der Waals surface area contributed by atoms with Crippen molar-refractivity contribution < 1.29 is 14.0 Å². The van der Waals surface area contributed by atoms with Gasteiger partial charge in [0.25, 0.3) is 5.91 Å². The fourth-order valence-electron chi connectivity index (χ4n) is 7.28. The zero-order valence-electron chi connectivity index (χ0n) is 24.2. The Bertz CT molecular complexity index is 1450. The zero-order valence-corrected chi connectivity index (χ0v) is 24.2. The van der Waals surface area contributed by atoms with Crippen LogP contribution in [0.1, 0.15) is 55.1 Å². The van der Waals surface area contributed by atoms with E-state index in [2.05, 4.69) is 23.0 Å². The Morgan fingerprint density at radius 2 is 1.80 bits per heavy atom. The molecular weight excluding hydrogens is 505 g/mol. The van der Waals surface area contributed by atoms with Crippen molar-refractivity contribution in [1.82, 2.24) is 24.3 Å². The molecule has 8 heteroatoms. The highest BCUT2D eigenvalue weighted by Gasteiger charge is 2.45. The minimum Gasteiger partial charge on any atom is -0.342 e. The summed E-state index contributed by atoms with van der Waals surface area (Å²) in [5.74, 6) is 1.48. The maximum Gasteiger partial charge on any atom is 0.256 e. The predicted molar refractivity (Wildman–Crippen MR) is 154 cm³/mol. The molecule has 3 aliphatic rings. The first-order valence-corrected chi connectivity index (χ1v) is 14.6. The maximum atomic E-state index is 14.4. The summed E-state index contributed by atoms with van der Waals surface area (Å²) >= 11 is 0. The van der Waals surface area contributed by atoms with Crippen LogP contribution >= 0.6 is 0 Å². The quantitative estimate of drug-likeness (QED) is 0.451. The van der Waals surface area contributed by atoms with E-state index in [9.17, 15) is 14.0 Å². The van der Waals surface area contributed by atoms with Gasteiger partial charge in [-0.15, -0.1) is 0 Å². The molecule has 2 unspecified atom stereocenters. The highest BCUT2D eigenvalue weighted by molar-refractivity contribution is 5.99. The molecule has 2 aromatic heterocycles. The molecule has 40 heavy (non-hydrogen) atoms. The van der Waals surface area contributed by atoms with E-state index in [0.29, 0.717) is 35.0 Å². The number of rotatable bonds is 6. The molecule has 2 amide bonds. The van der Waals surface area contributed by atoms with Crippen molar-refractivity contribution in [2.45, 2.75) is 59.0 Å². The molecule has 2 aliphatic heterocycles. The number of aromatic nitrogens is 2. The highest BCUT2D eigenvalue weighted by atomic mass is 19.1. The molecule has 0 spiro atoms. The van der Waals surface area contributed by atoms with E-state index in [1.165, 1.54) is 35.9 Å². The highest BCUT2D eigenvalue weighted by Crippen LogP contribution is 2.42. The predicted octanol–water partition coefficient (Wildman–Crippen LogP) is 4.68. The van der Waals surface area contributed by atoms with Crippen molar-refractivity contribution >= 4 is 22.7 Å². The van der Waals surface area contributed by atoms with Crippen LogP contribution in [0.5, 0.6) is 0 Å². The van der Waals surface area contributed by atoms with Crippen LogP contribution in [0.3, 0.4) is 0 Å². The van der Waals surface area contributed by atoms with Crippen molar-refractivity contribution in [3.8, 4) is 5.69 Å². The summed E-state index contributed by atoms with van der Waals surface area (Å²) in [5, 5.41) is 1.17. The second kappa shape index (κ2) is 10.3. The van der Waals surface area contributed by atoms with Gasteiger partial charge in [0, 0.05) is 70.0 Å². The van der Waals surface area contributed by atoms with Crippen LogP contribution in [0.15, 0.2) is 36.8 Å². The number of carbonyl (C=O) groups excluding carboxylic acids is 2. The van der Waals surface area contributed by atoms with Crippen molar-refractivity contribution in [2.75, 3.05) is 33.2 Å². The van der Waals surface area contributed by atoms with E-state index < -0.39 is 5.82 Å². The Morgan fingerprint density at radius 3 is 2.45 bits per heavy atom. The number of pyridine rings is 1. The van der Waals surface area contributed by atoms with Gasteiger partial charge in [-0.05, 0) is 87.1 Å². The molecule has 6 rings (SSSR count). The summed E-state index contributed by atoms with van der Waals surface area (Å²) in [6, 6.07) is 5.11. The van der Waals surface area contributed by atoms with Crippen molar-refractivity contribution in [1.29, 1.82) is 0 Å². The molecule has 3 fully saturated rings. The molecular formula is C32H40FN5O2. The van der Waals surface area contributed by atoms with Gasteiger partial charge in [0.15, 0.2) is 0 Å². The average molecular weight is 546 g/mol. The van der Waals surface area contributed by atoms with Crippen LogP contribution in [0, 0.1) is 30.5 Å². The fraction of sp³-hybridized carbons (Fsp3) is 0.531.